The summed E-state index contributed by atoms with van der Waals surface area (Å²) >= 11 is 0. The van der Waals surface area contributed by atoms with Gasteiger partial charge in [0.25, 0.3) is 11.8 Å². The second kappa shape index (κ2) is 12.0. The number of imide groups is 1. The molecule has 0 unspecified atom stereocenters. The number of nitrogens with zero attached hydrogens (tertiary/aromatic N) is 2. The van der Waals surface area contributed by atoms with Gasteiger partial charge in [-0.05, 0) is 73.2 Å². The van der Waals surface area contributed by atoms with Crippen LogP contribution in [0.1, 0.15) is 97.1 Å². The summed E-state index contributed by atoms with van der Waals surface area (Å²) in [4.78, 5) is 27.4. The lowest BCUT2D eigenvalue weighted by atomic mass is 10.0. The molecule has 0 aliphatic carbocycles. The molecule has 1 aromatic heterocycles. The zero-order valence-corrected chi connectivity index (χ0v) is 23.0. The van der Waals surface area contributed by atoms with Crippen LogP contribution in [-0.2, 0) is 19.4 Å². The Morgan fingerprint density at radius 1 is 0.579 bits per heavy atom. The molecule has 1 aliphatic rings. The Hall–Kier alpha value is -3.40. The van der Waals surface area contributed by atoms with Crippen LogP contribution in [0.15, 0.2) is 60.7 Å². The molecule has 1 aliphatic heterocycles. The minimum atomic E-state index is -0.185. The number of aryl methyl sites for hydroxylation is 2. The summed E-state index contributed by atoms with van der Waals surface area (Å²) in [6, 6.07) is 20.9. The van der Waals surface area contributed by atoms with Crippen LogP contribution in [-0.4, -0.2) is 27.8 Å². The van der Waals surface area contributed by atoms with Gasteiger partial charge in [0.05, 0.1) is 11.1 Å². The van der Waals surface area contributed by atoms with Crippen molar-refractivity contribution >= 4 is 33.6 Å². The molecule has 38 heavy (non-hydrogen) atoms. The molecule has 198 valence electrons. The minimum Gasteiger partial charge on any atom is -0.339 e. The summed E-state index contributed by atoms with van der Waals surface area (Å²) in [5, 5.41) is 2.57. The lowest BCUT2D eigenvalue weighted by molar-refractivity contribution is 0.0650. The highest BCUT2D eigenvalue weighted by Crippen LogP contribution is 2.32. The van der Waals surface area contributed by atoms with Crippen molar-refractivity contribution in [3.05, 3.63) is 82.9 Å². The molecule has 2 amide bonds. The number of rotatable bonds is 13. The lowest BCUT2D eigenvalue weighted by Gasteiger charge is -2.16. The van der Waals surface area contributed by atoms with Gasteiger partial charge in [0.1, 0.15) is 0 Å². The van der Waals surface area contributed by atoms with Crippen LogP contribution in [0.2, 0.25) is 0 Å². The van der Waals surface area contributed by atoms with E-state index in [4.69, 9.17) is 0 Å². The Labute approximate surface area is 226 Å². The van der Waals surface area contributed by atoms with E-state index in [1.165, 1.54) is 89.2 Å². The van der Waals surface area contributed by atoms with Gasteiger partial charge in [-0.1, -0.05) is 76.6 Å². The quantitative estimate of drug-likeness (QED) is 0.135. The first-order valence-corrected chi connectivity index (χ1v) is 14.6. The number of fused-ring (bicyclic) bond motifs is 4. The summed E-state index contributed by atoms with van der Waals surface area (Å²) in [5.41, 5.74) is 6.16. The first-order chi connectivity index (χ1) is 18.6. The van der Waals surface area contributed by atoms with Crippen LogP contribution >= 0.6 is 0 Å². The zero-order chi connectivity index (χ0) is 26.5. The molecule has 0 saturated heterocycles. The van der Waals surface area contributed by atoms with E-state index in [-0.39, 0.29) is 11.8 Å². The van der Waals surface area contributed by atoms with Crippen molar-refractivity contribution in [3.8, 4) is 0 Å². The van der Waals surface area contributed by atoms with Crippen molar-refractivity contribution < 1.29 is 9.59 Å². The number of benzene rings is 3. The molecular formula is C34H40N2O2. The molecular weight excluding hydrogens is 468 g/mol. The Morgan fingerprint density at radius 2 is 1.08 bits per heavy atom. The van der Waals surface area contributed by atoms with Crippen LogP contribution in [0, 0.1) is 0 Å². The van der Waals surface area contributed by atoms with Gasteiger partial charge in [0.2, 0.25) is 0 Å². The van der Waals surface area contributed by atoms with Crippen molar-refractivity contribution in [3.63, 3.8) is 0 Å². The number of carbonyl (C=O) groups is 2. The van der Waals surface area contributed by atoms with E-state index in [0.717, 1.165) is 12.8 Å². The third kappa shape index (κ3) is 5.27. The minimum absolute atomic E-state index is 0.185. The summed E-state index contributed by atoms with van der Waals surface area (Å²) in [7, 11) is 0. The van der Waals surface area contributed by atoms with Gasteiger partial charge in [0, 0.05) is 34.9 Å². The van der Waals surface area contributed by atoms with Gasteiger partial charge in [-0.3, -0.25) is 14.5 Å². The van der Waals surface area contributed by atoms with Crippen molar-refractivity contribution in [1.29, 1.82) is 0 Å². The fourth-order valence-corrected chi connectivity index (χ4v) is 5.90. The highest BCUT2D eigenvalue weighted by atomic mass is 16.2. The number of aromatic nitrogens is 1. The monoisotopic (exact) mass is 508 g/mol. The number of hydrogen-bond acceptors (Lipinski definition) is 2. The third-order valence-electron chi connectivity index (χ3n) is 8.06. The van der Waals surface area contributed by atoms with Crippen molar-refractivity contribution in [1.82, 2.24) is 9.47 Å². The van der Waals surface area contributed by atoms with E-state index < -0.39 is 0 Å². The van der Waals surface area contributed by atoms with E-state index in [1.54, 1.807) is 12.1 Å². The van der Waals surface area contributed by atoms with Crippen LogP contribution in [0.25, 0.3) is 21.8 Å². The zero-order valence-electron chi connectivity index (χ0n) is 23.0. The molecule has 2 heterocycles. The molecule has 0 spiro atoms. The standard InChI is InChI=1S/C34H40N2O2/c1-3-5-7-9-13-25-17-19-31-29(23-25)30-24-26(14-10-8-6-4-2)18-20-32(30)35(31)21-22-36-33(37)27-15-11-12-16-28(27)34(36)38/h11-12,15-20,23-24H,3-10,13-14,21-22H2,1-2H3. The molecule has 5 rings (SSSR count). The van der Waals surface area contributed by atoms with Crippen LogP contribution < -0.4 is 0 Å². The maximum Gasteiger partial charge on any atom is 0.261 e. The Morgan fingerprint density at radius 3 is 1.55 bits per heavy atom. The van der Waals surface area contributed by atoms with Crippen molar-refractivity contribution in [2.75, 3.05) is 6.54 Å². The van der Waals surface area contributed by atoms with Crippen LogP contribution in [0.5, 0.6) is 0 Å². The maximum absolute atomic E-state index is 13.0. The van der Waals surface area contributed by atoms with Crippen molar-refractivity contribution in [2.45, 2.75) is 84.6 Å². The van der Waals surface area contributed by atoms with Gasteiger partial charge in [-0.15, -0.1) is 0 Å². The Bertz CT molecular complexity index is 1340. The Balaban J connectivity index is 1.45. The van der Waals surface area contributed by atoms with Gasteiger partial charge in [-0.2, -0.15) is 0 Å². The van der Waals surface area contributed by atoms with E-state index in [2.05, 4.69) is 54.8 Å². The normalized spacial score (nSPS) is 13.3. The number of unbranched alkanes of at least 4 members (excludes halogenated alkanes) is 6. The molecule has 3 aromatic carbocycles. The summed E-state index contributed by atoms with van der Waals surface area (Å²) < 4.78 is 2.30. The smallest absolute Gasteiger partial charge is 0.261 e. The molecule has 0 atom stereocenters. The second-order valence-corrected chi connectivity index (χ2v) is 10.8. The van der Waals surface area contributed by atoms with Crippen LogP contribution in [0.3, 0.4) is 0 Å². The largest absolute Gasteiger partial charge is 0.339 e. The molecule has 0 N–H and O–H groups in total. The molecule has 4 heteroatoms. The van der Waals surface area contributed by atoms with Gasteiger partial charge in [0.15, 0.2) is 0 Å². The van der Waals surface area contributed by atoms with E-state index in [1.807, 2.05) is 12.1 Å². The molecule has 0 fully saturated rings. The number of amides is 2. The third-order valence-corrected chi connectivity index (χ3v) is 8.06. The second-order valence-electron chi connectivity index (χ2n) is 10.8. The van der Waals surface area contributed by atoms with Crippen LogP contribution in [0.4, 0.5) is 0 Å². The predicted octanol–water partition coefficient (Wildman–Crippen LogP) is 8.34. The van der Waals surface area contributed by atoms with E-state index in [0.29, 0.717) is 24.2 Å². The average molecular weight is 509 g/mol. The summed E-state index contributed by atoms with van der Waals surface area (Å²) in [6.45, 7) is 5.45. The summed E-state index contributed by atoms with van der Waals surface area (Å²) in [5.74, 6) is -0.370. The average Bonchev–Trinajstić information content (AvgIpc) is 3.38. The van der Waals surface area contributed by atoms with Crippen molar-refractivity contribution in [2.24, 2.45) is 0 Å². The first kappa shape index (κ1) is 26.2. The Kier molecular flexibility index (Phi) is 8.26. The molecule has 0 bridgehead atoms. The fourth-order valence-electron chi connectivity index (χ4n) is 5.90. The molecule has 4 aromatic rings. The predicted molar refractivity (Wildman–Crippen MR) is 157 cm³/mol. The number of carbonyl (C=O) groups excluding carboxylic acids is 2. The van der Waals surface area contributed by atoms with E-state index in [9.17, 15) is 9.59 Å². The molecule has 0 radical (unpaired) electrons. The SMILES string of the molecule is CCCCCCc1ccc2c(c1)c1cc(CCCCCC)ccc1n2CCN1C(=O)c2ccccc2C1=O. The molecule has 4 nitrogen and oxygen atoms in total. The molecule has 0 saturated carbocycles. The topological polar surface area (TPSA) is 42.3 Å². The highest BCUT2D eigenvalue weighted by molar-refractivity contribution is 6.21. The number of hydrogen-bond donors (Lipinski definition) is 0. The highest BCUT2D eigenvalue weighted by Gasteiger charge is 2.34. The first-order valence-electron chi connectivity index (χ1n) is 14.6. The van der Waals surface area contributed by atoms with E-state index >= 15 is 0 Å². The summed E-state index contributed by atoms with van der Waals surface area (Å²) in [6.07, 6.45) is 12.3. The fraction of sp³-hybridized carbons (Fsp3) is 0.412. The lowest BCUT2D eigenvalue weighted by Crippen LogP contribution is -2.32. The van der Waals surface area contributed by atoms with Gasteiger partial charge >= 0.3 is 0 Å². The van der Waals surface area contributed by atoms with Gasteiger partial charge in [-0.25, -0.2) is 0 Å². The maximum atomic E-state index is 13.0. The van der Waals surface area contributed by atoms with Gasteiger partial charge < -0.3 is 4.57 Å².